The van der Waals surface area contributed by atoms with Gasteiger partial charge >= 0.3 is 12.0 Å². The van der Waals surface area contributed by atoms with E-state index in [4.69, 9.17) is 0 Å². The number of nitrogens with one attached hydrogen (secondary N) is 1. The van der Waals surface area contributed by atoms with Crippen LogP contribution in [0.4, 0.5) is 4.79 Å². The largest absolute Gasteiger partial charge is 0.481 e. The summed E-state index contributed by atoms with van der Waals surface area (Å²) in [6, 6.07) is 0.127. The fourth-order valence-electron chi connectivity index (χ4n) is 5.03. The summed E-state index contributed by atoms with van der Waals surface area (Å²) in [5.74, 6) is -0.473. The number of aliphatic carboxylic acids is 1. The molecule has 0 radical (unpaired) electrons. The van der Waals surface area contributed by atoms with Crippen LogP contribution < -0.4 is 5.32 Å². The summed E-state index contributed by atoms with van der Waals surface area (Å²) in [5, 5.41) is 12.4. The Balaban J connectivity index is 1.23. The number of carboxylic acids is 1. The lowest BCUT2D eigenvalue weighted by Gasteiger charge is -2.34. The van der Waals surface area contributed by atoms with Crippen molar-refractivity contribution in [1.82, 2.24) is 15.1 Å². The van der Waals surface area contributed by atoms with E-state index in [0.717, 1.165) is 38.8 Å². The molecule has 138 valence electrons. The lowest BCUT2D eigenvalue weighted by molar-refractivity contribution is -0.144. The minimum Gasteiger partial charge on any atom is -0.481 e. The van der Waals surface area contributed by atoms with Gasteiger partial charge in [0.15, 0.2) is 0 Å². The molecule has 4 rings (SSSR count). The maximum absolute atomic E-state index is 12.5. The van der Waals surface area contributed by atoms with Gasteiger partial charge in [0.1, 0.15) is 0 Å². The van der Waals surface area contributed by atoms with Crippen LogP contribution in [-0.4, -0.2) is 65.0 Å². The quantitative estimate of drug-likeness (QED) is 0.803. The first-order valence-corrected chi connectivity index (χ1v) is 9.57. The number of carbonyl (C=O) groups is 3. The Morgan fingerprint density at radius 2 is 1.60 bits per heavy atom. The number of nitrogens with zero attached hydrogens (tertiary/aromatic N) is 2. The number of amides is 3. The molecule has 0 aromatic heterocycles. The summed E-state index contributed by atoms with van der Waals surface area (Å²) in [7, 11) is 0. The van der Waals surface area contributed by atoms with Gasteiger partial charge in [0, 0.05) is 38.1 Å². The van der Waals surface area contributed by atoms with Crippen LogP contribution in [-0.2, 0) is 9.59 Å². The fourth-order valence-corrected chi connectivity index (χ4v) is 5.03. The van der Waals surface area contributed by atoms with Crippen molar-refractivity contribution in [2.24, 2.45) is 17.3 Å². The first kappa shape index (κ1) is 16.7. The lowest BCUT2D eigenvalue weighted by Crippen LogP contribution is -2.48. The highest BCUT2D eigenvalue weighted by atomic mass is 16.4. The predicted molar refractivity (Wildman–Crippen MR) is 89.8 cm³/mol. The molecule has 2 aliphatic carbocycles. The first-order chi connectivity index (χ1) is 12.0. The van der Waals surface area contributed by atoms with E-state index < -0.39 is 11.4 Å². The number of hydrogen-bond acceptors (Lipinski definition) is 3. The van der Waals surface area contributed by atoms with E-state index in [1.54, 1.807) is 0 Å². The monoisotopic (exact) mass is 349 g/mol. The summed E-state index contributed by atoms with van der Waals surface area (Å²) < 4.78 is 0. The van der Waals surface area contributed by atoms with Crippen LogP contribution in [0.2, 0.25) is 0 Å². The third-order valence-electron chi connectivity index (χ3n) is 6.70. The number of piperidine rings is 1. The Kier molecular flexibility index (Phi) is 4.12. The molecule has 4 fully saturated rings. The maximum atomic E-state index is 12.5. The second-order valence-corrected chi connectivity index (χ2v) is 8.25. The number of fused-ring (bicyclic) bond motifs is 1. The van der Waals surface area contributed by atoms with Crippen LogP contribution in [0, 0.1) is 17.3 Å². The van der Waals surface area contributed by atoms with Crippen molar-refractivity contribution in [2.75, 3.05) is 26.2 Å². The van der Waals surface area contributed by atoms with Crippen molar-refractivity contribution < 1.29 is 19.5 Å². The smallest absolute Gasteiger partial charge is 0.319 e. The van der Waals surface area contributed by atoms with Crippen molar-refractivity contribution in [2.45, 2.75) is 51.0 Å². The van der Waals surface area contributed by atoms with Gasteiger partial charge in [0.25, 0.3) is 0 Å². The minimum atomic E-state index is -0.706. The second-order valence-electron chi connectivity index (χ2n) is 8.25. The molecule has 7 heteroatoms. The van der Waals surface area contributed by atoms with Gasteiger partial charge in [0.2, 0.25) is 5.91 Å². The lowest BCUT2D eigenvalue weighted by atomic mass is 9.95. The summed E-state index contributed by atoms with van der Waals surface area (Å²) in [6.45, 7) is 2.99. The Bertz CT molecular complexity index is 581. The third kappa shape index (κ3) is 2.98. The molecular formula is C18H27N3O4. The molecule has 0 spiro atoms. The van der Waals surface area contributed by atoms with Gasteiger partial charge in [-0.05, 0) is 50.9 Å². The average molecular weight is 349 g/mol. The molecule has 2 saturated heterocycles. The Morgan fingerprint density at radius 3 is 2.20 bits per heavy atom. The molecule has 0 unspecified atom stereocenters. The van der Waals surface area contributed by atoms with Crippen molar-refractivity contribution >= 4 is 17.9 Å². The van der Waals surface area contributed by atoms with Crippen molar-refractivity contribution in [3.63, 3.8) is 0 Å². The van der Waals surface area contributed by atoms with Gasteiger partial charge in [-0.3, -0.25) is 9.59 Å². The normalized spacial score (nSPS) is 34.7. The zero-order chi connectivity index (χ0) is 17.6. The van der Waals surface area contributed by atoms with Crippen LogP contribution in [0.3, 0.4) is 0 Å². The van der Waals surface area contributed by atoms with E-state index in [2.05, 4.69) is 5.32 Å². The molecule has 2 saturated carbocycles. The van der Waals surface area contributed by atoms with Gasteiger partial charge in [-0.15, -0.1) is 0 Å². The van der Waals surface area contributed by atoms with Gasteiger partial charge in [-0.1, -0.05) is 0 Å². The van der Waals surface area contributed by atoms with Crippen LogP contribution in [0.15, 0.2) is 0 Å². The predicted octanol–water partition coefficient (Wildman–Crippen LogP) is 1.28. The highest BCUT2D eigenvalue weighted by molar-refractivity contribution is 5.82. The van der Waals surface area contributed by atoms with Crippen LogP contribution in [0.25, 0.3) is 0 Å². The van der Waals surface area contributed by atoms with Crippen LogP contribution in [0.5, 0.6) is 0 Å². The summed E-state index contributed by atoms with van der Waals surface area (Å²) in [6.07, 6.45) is 5.72. The zero-order valence-corrected chi connectivity index (χ0v) is 14.6. The number of likely N-dealkylation sites (tertiary alicyclic amines) is 2. The third-order valence-corrected chi connectivity index (χ3v) is 6.70. The van der Waals surface area contributed by atoms with E-state index in [1.165, 1.54) is 0 Å². The summed E-state index contributed by atoms with van der Waals surface area (Å²) >= 11 is 0. The fraction of sp³-hybridized carbons (Fsp3) is 0.833. The number of rotatable bonds is 3. The molecule has 25 heavy (non-hydrogen) atoms. The van der Waals surface area contributed by atoms with E-state index >= 15 is 0 Å². The molecule has 0 aromatic carbocycles. The van der Waals surface area contributed by atoms with Gasteiger partial charge in [-0.25, -0.2) is 4.79 Å². The molecule has 7 nitrogen and oxygen atoms in total. The standard InChI is InChI=1S/C18H27N3O4/c22-15(19-14-9-13-10-18(13,11-14)16(23)24)12-3-7-21(8-4-12)17(25)20-5-1-2-6-20/h12-14H,1-11H2,(H,19,22)(H,23,24)/t13-,14+,18+/m1/s1. The zero-order valence-electron chi connectivity index (χ0n) is 14.6. The van der Waals surface area contributed by atoms with Gasteiger partial charge in [0.05, 0.1) is 5.41 Å². The molecule has 3 amide bonds. The van der Waals surface area contributed by atoms with E-state index in [0.29, 0.717) is 32.4 Å². The van der Waals surface area contributed by atoms with Gasteiger partial charge < -0.3 is 20.2 Å². The van der Waals surface area contributed by atoms with E-state index in [1.807, 2.05) is 9.80 Å². The molecular weight excluding hydrogens is 322 g/mol. The number of carbonyl (C=O) groups excluding carboxylic acids is 2. The number of hydrogen-bond donors (Lipinski definition) is 2. The Labute approximate surface area is 147 Å². The van der Waals surface area contributed by atoms with Crippen molar-refractivity contribution in [1.29, 1.82) is 0 Å². The molecule has 3 atom stereocenters. The summed E-state index contributed by atoms with van der Waals surface area (Å²) in [4.78, 5) is 40.0. The van der Waals surface area contributed by atoms with Crippen LogP contribution in [0.1, 0.15) is 44.9 Å². The van der Waals surface area contributed by atoms with E-state index in [9.17, 15) is 19.5 Å². The van der Waals surface area contributed by atoms with Crippen molar-refractivity contribution in [3.8, 4) is 0 Å². The molecule has 4 aliphatic rings. The second kappa shape index (κ2) is 6.18. The minimum absolute atomic E-state index is 0.00612. The molecule has 2 aliphatic heterocycles. The van der Waals surface area contributed by atoms with Crippen molar-refractivity contribution in [3.05, 3.63) is 0 Å². The highest BCUT2D eigenvalue weighted by Gasteiger charge is 2.65. The topological polar surface area (TPSA) is 90.0 Å². The average Bonchev–Trinajstić information content (AvgIpc) is 2.99. The Morgan fingerprint density at radius 1 is 0.960 bits per heavy atom. The molecule has 0 aromatic rings. The molecule has 0 bridgehead atoms. The molecule has 2 heterocycles. The number of carboxylic acid groups (broad SMARTS) is 1. The maximum Gasteiger partial charge on any atom is 0.319 e. The highest BCUT2D eigenvalue weighted by Crippen LogP contribution is 2.63. The first-order valence-electron chi connectivity index (χ1n) is 9.57. The SMILES string of the molecule is O=C(N[C@H]1C[C@@H]2C[C@]2(C(=O)O)C1)C1CCN(C(=O)N2CCCC2)CC1. The van der Waals surface area contributed by atoms with E-state index in [-0.39, 0.29) is 29.8 Å². The van der Waals surface area contributed by atoms with Crippen LogP contribution >= 0.6 is 0 Å². The number of urea groups is 1. The van der Waals surface area contributed by atoms with Gasteiger partial charge in [-0.2, -0.15) is 0 Å². The molecule has 2 N–H and O–H groups in total. The summed E-state index contributed by atoms with van der Waals surface area (Å²) in [5.41, 5.74) is -0.552. The Hall–Kier alpha value is -1.79.